The normalized spacial score (nSPS) is 20.9. The molecule has 1 N–H and O–H groups in total. The van der Waals surface area contributed by atoms with E-state index in [4.69, 9.17) is 4.74 Å². The number of rotatable bonds is 9. The lowest BCUT2D eigenvalue weighted by Crippen LogP contribution is -2.33. The molecule has 1 aromatic heterocycles. The minimum atomic E-state index is -0.187. The number of benzene rings is 1. The second kappa shape index (κ2) is 10.9. The zero-order chi connectivity index (χ0) is 24.2. The van der Waals surface area contributed by atoms with Crippen molar-refractivity contribution in [3.8, 4) is 5.75 Å². The van der Waals surface area contributed by atoms with Crippen LogP contribution in [0, 0.1) is 6.92 Å². The van der Waals surface area contributed by atoms with E-state index >= 15 is 0 Å². The Hall–Kier alpha value is -2.69. The number of ether oxygens (including phenoxy) is 1. The fourth-order valence-electron chi connectivity index (χ4n) is 4.14. The number of amides is 2. The number of hydrogen-bond donors (Lipinski definition) is 1. The molecule has 3 aliphatic rings. The number of aryl methyl sites for hydroxylation is 1. The molecular weight excluding hydrogens is 482 g/mol. The maximum absolute atomic E-state index is 12.5. The van der Waals surface area contributed by atoms with Gasteiger partial charge in [-0.3, -0.25) is 19.4 Å². The van der Waals surface area contributed by atoms with Gasteiger partial charge in [0.05, 0.1) is 15.5 Å². The summed E-state index contributed by atoms with van der Waals surface area (Å²) >= 11 is 2.71. The molecule has 5 rings (SSSR count). The highest BCUT2D eigenvalue weighted by molar-refractivity contribution is 8.18. The van der Waals surface area contributed by atoms with Crippen molar-refractivity contribution in [2.45, 2.75) is 45.1 Å². The summed E-state index contributed by atoms with van der Waals surface area (Å²) in [7, 11) is 0. The van der Waals surface area contributed by atoms with Crippen LogP contribution in [-0.2, 0) is 9.59 Å². The number of nitrogens with one attached hydrogen (secondary N) is 1. The van der Waals surface area contributed by atoms with Crippen LogP contribution in [0.2, 0.25) is 0 Å². The third kappa shape index (κ3) is 6.12. The van der Waals surface area contributed by atoms with Crippen LogP contribution in [0.4, 0.5) is 10.8 Å². The quantitative estimate of drug-likeness (QED) is 0.398. The summed E-state index contributed by atoms with van der Waals surface area (Å²) in [5.74, 6) is 0.650. The number of hydrogen-bond acceptors (Lipinski definition) is 8. The number of aromatic nitrogens is 1. The van der Waals surface area contributed by atoms with Crippen molar-refractivity contribution in [3.63, 3.8) is 0 Å². The number of amidine groups is 1. The Morgan fingerprint density at radius 2 is 2.11 bits per heavy atom. The maximum atomic E-state index is 12.5. The van der Waals surface area contributed by atoms with E-state index in [9.17, 15) is 9.59 Å². The molecule has 2 aromatic rings. The van der Waals surface area contributed by atoms with E-state index in [0.717, 1.165) is 47.7 Å². The molecule has 8 nitrogen and oxygen atoms in total. The topological polar surface area (TPSA) is 87.1 Å². The van der Waals surface area contributed by atoms with Gasteiger partial charge in [0.15, 0.2) is 10.3 Å². The van der Waals surface area contributed by atoms with Gasteiger partial charge in [-0.05, 0) is 87.3 Å². The predicted molar refractivity (Wildman–Crippen MR) is 141 cm³/mol. The van der Waals surface area contributed by atoms with Crippen molar-refractivity contribution in [1.82, 2.24) is 15.2 Å². The number of piperidine rings is 1. The van der Waals surface area contributed by atoms with Gasteiger partial charge in [0.25, 0.3) is 5.91 Å². The highest BCUT2D eigenvalue weighted by Crippen LogP contribution is 2.35. The van der Waals surface area contributed by atoms with Crippen molar-refractivity contribution >= 4 is 57.5 Å². The smallest absolute Gasteiger partial charge is 0.264 e. The molecule has 1 saturated carbocycles. The van der Waals surface area contributed by atoms with Crippen LogP contribution >= 0.6 is 23.1 Å². The number of thioether (sulfide) groups is 1. The van der Waals surface area contributed by atoms with E-state index in [2.05, 4.69) is 20.2 Å². The molecule has 3 heterocycles. The Labute approximate surface area is 213 Å². The molecule has 2 amide bonds. The molecule has 184 valence electrons. The van der Waals surface area contributed by atoms with Crippen LogP contribution in [-0.4, -0.2) is 59.7 Å². The van der Waals surface area contributed by atoms with Crippen molar-refractivity contribution in [2.24, 2.45) is 4.99 Å². The van der Waals surface area contributed by atoms with Crippen molar-refractivity contribution in [2.75, 3.05) is 31.1 Å². The third-order valence-electron chi connectivity index (χ3n) is 6.23. The first-order chi connectivity index (χ1) is 17.1. The van der Waals surface area contributed by atoms with Gasteiger partial charge >= 0.3 is 0 Å². The van der Waals surface area contributed by atoms with Gasteiger partial charge in [0.2, 0.25) is 6.41 Å². The van der Waals surface area contributed by atoms with Crippen LogP contribution in [0.25, 0.3) is 6.08 Å². The highest BCUT2D eigenvalue weighted by Gasteiger charge is 2.31. The molecule has 3 fully saturated rings. The molecule has 35 heavy (non-hydrogen) atoms. The summed E-state index contributed by atoms with van der Waals surface area (Å²) in [6.45, 7) is 5.96. The second-order valence-corrected chi connectivity index (χ2v) is 11.0. The number of carbonyl (C=O) groups is 2. The van der Waals surface area contributed by atoms with E-state index in [1.54, 1.807) is 17.2 Å². The Balaban J connectivity index is 1.20. The number of aliphatic imine (C=N–C) groups is 1. The number of likely N-dealkylation sites (tertiary alicyclic amines) is 1. The molecule has 1 aromatic carbocycles. The van der Waals surface area contributed by atoms with Gasteiger partial charge in [-0.15, -0.1) is 0 Å². The fourth-order valence-corrected chi connectivity index (χ4v) is 5.94. The third-order valence-corrected chi connectivity index (χ3v) is 8.09. The first kappa shape index (κ1) is 24.0. The maximum Gasteiger partial charge on any atom is 0.264 e. The van der Waals surface area contributed by atoms with Crippen molar-refractivity contribution in [1.29, 1.82) is 0 Å². The van der Waals surface area contributed by atoms with Gasteiger partial charge < -0.3 is 10.1 Å². The minimum Gasteiger partial charge on any atom is -0.492 e. The summed E-state index contributed by atoms with van der Waals surface area (Å²) in [6, 6.07) is 6.11. The minimum absolute atomic E-state index is 0.187. The molecule has 1 aliphatic carbocycles. The van der Waals surface area contributed by atoms with E-state index in [0.29, 0.717) is 21.8 Å². The monoisotopic (exact) mass is 511 g/mol. The van der Waals surface area contributed by atoms with Crippen LogP contribution in [0.15, 0.2) is 34.3 Å². The molecule has 0 radical (unpaired) electrons. The van der Waals surface area contributed by atoms with E-state index in [1.165, 1.54) is 55.5 Å². The summed E-state index contributed by atoms with van der Waals surface area (Å²) in [4.78, 5) is 38.4. The molecule has 10 heteroatoms. The fraction of sp³-hybridized carbons (Fsp3) is 0.440. The molecule has 2 saturated heterocycles. The van der Waals surface area contributed by atoms with Crippen LogP contribution in [0.1, 0.15) is 42.5 Å². The Bertz CT molecular complexity index is 1150. The second-order valence-electron chi connectivity index (χ2n) is 8.97. The molecule has 0 spiro atoms. The molecule has 2 aliphatic heterocycles. The summed E-state index contributed by atoms with van der Waals surface area (Å²) < 4.78 is 5.96. The van der Waals surface area contributed by atoms with Gasteiger partial charge in [0.1, 0.15) is 12.4 Å². The summed E-state index contributed by atoms with van der Waals surface area (Å²) in [5.41, 5.74) is 1.78. The Morgan fingerprint density at radius 3 is 2.86 bits per heavy atom. The number of carbonyl (C=O) groups excluding carboxylic acids is 2. The number of anilines is 1. The van der Waals surface area contributed by atoms with Crippen molar-refractivity contribution in [3.05, 3.63) is 39.7 Å². The Morgan fingerprint density at radius 1 is 1.29 bits per heavy atom. The molecule has 0 unspecified atom stereocenters. The van der Waals surface area contributed by atoms with Crippen molar-refractivity contribution < 1.29 is 14.3 Å². The summed E-state index contributed by atoms with van der Waals surface area (Å²) in [5, 5.41) is 4.05. The zero-order valence-electron chi connectivity index (χ0n) is 19.7. The highest BCUT2D eigenvalue weighted by atomic mass is 32.2. The van der Waals surface area contributed by atoms with E-state index in [-0.39, 0.29) is 11.9 Å². The average molecular weight is 512 g/mol. The van der Waals surface area contributed by atoms with Gasteiger partial charge in [-0.25, -0.2) is 9.98 Å². The average Bonchev–Trinajstić information content (AvgIpc) is 3.49. The van der Waals surface area contributed by atoms with Crippen LogP contribution in [0.3, 0.4) is 0 Å². The number of thiazole rings is 1. The van der Waals surface area contributed by atoms with Crippen LogP contribution in [0.5, 0.6) is 5.75 Å². The number of nitrogens with zero attached hydrogens (tertiary/aromatic N) is 4. The molecular formula is C25H29N5O3S2. The largest absolute Gasteiger partial charge is 0.492 e. The van der Waals surface area contributed by atoms with E-state index in [1.807, 2.05) is 25.1 Å². The van der Waals surface area contributed by atoms with Gasteiger partial charge in [-0.1, -0.05) is 17.8 Å². The lowest BCUT2D eigenvalue weighted by Gasteiger charge is -2.26. The van der Waals surface area contributed by atoms with Crippen LogP contribution < -0.4 is 15.0 Å². The van der Waals surface area contributed by atoms with Gasteiger partial charge in [-0.2, -0.15) is 0 Å². The lowest BCUT2D eigenvalue weighted by molar-refractivity contribution is -0.115. The zero-order valence-corrected chi connectivity index (χ0v) is 21.4. The SMILES string of the molecule is Cc1cc(OCCN2CCCCC2)ccc1N=C1NC(=O)/C(=C/c2cnc(N(C=O)C3CC3)s2)S1. The molecule has 0 atom stereocenters. The predicted octanol–water partition coefficient (Wildman–Crippen LogP) is 4.33. The first-order valence-corrected chi connectivity index (χ1v) is 13.7. The standard InChI is InChI=1S/C25H29N5O3S2/c1-17-13-19(33-12-11-29-9-3-2-4-10-29)7-8-21(17)27-24-28-23(32)22(35-24)14-20-15-26-25(34-20)30(16-31)18-5-6-18/h7-8,13-16,18H,2-6,9-12H2,1H3,(H,27,28,32)/b22-14-. The van der Waals surface area contributed by atoms with Gasteiger partial charge in [0, 0.05) is 18.8 Å². The van der Waals surface area contributed by atoms with E-state index < -0.39 is 0 Å². The summed E-state index contributed by atoms with van der Waals surface area (Å²) in [6.07, 6.45) is 10.3. The first-order valence-electron chi connectivity index (χ1n) is 12.0. The Kier molecular flexibility index (Phi) is 7.50. The lowest BCUT2D eigenvalue weighted by atomic mass is 10.1. The molecule has 0 bridgehead atoms.